The standard InChI is InChI=1S/C51H86N2O7/c1-3-5-7-9-11-13-14-15-16-17-18-19-20-21-22-23-24-25-26-28-30-35-39-43-50(57)60-46(40-36-32-29-27-12-10-8-6-4-2)41-37-33-31-34-38-42-48(55)52-44-49(56)53-47(45-54)51(58)59/h5,7,11,13,15-16,18-19,21-22,24-25,46-47,54H,3-4,6,8-10,12,14,17,20,23,26-45H2,1-2H3,(H,52,55)(H,53,56)(H,58,59)/b7-5-,13-11-,16-15-,19-18-,22-21-,25-24-. The molecular weight excluding hydrogens is 753 g/mol. The number of nitrogens with one attached hydrogen (secondary N) is 2. The van der Waals surface area contributed by atoms with E-state index in [1.807, 2.05) is 0 Å². The van der Waals surface area contributed by atoms with Crippen LogP contribution in [0.25, 0.3) is 0 Å². The van der Waals surface area contributed by atoms with Crippen LogP contribution in [0.1, 0.15) is 200 Å². The number of allylic oxidation sites excluding steroid dienone is 12. The topological polar surface area (TPSA) is 142 Å². The Bertz CT molecular complexity index is 1240. The fourth-order valence-electron chi connectivity index (χ4n) is 6.60. The van der Waals surface area contributed by atoms with Gasteiger partial charge in [-0.05, 0) is 89.9 Å². The van der Waals surface area contributed by atoms with Crippen molar-refractivity contribution in [3.05, 3.63) is 72.9 Å². The molecule has 0 heterocycles. The van der Waals surface area contributed by atoms with Crippen molar-refractivity contribution < 1.29 is 34.1 Å². The van der Waals surface area contributed by atoms with Gasteiger partial charge in [0.05, 0.1) is 13.2 Å². The van der Waals surface area contributed by atoms with Crippen LogP contribution in [0.2, 0.25) is 0 Å². The highest BCUT2D eigenvalue weighted by Crippen LogP contribution is 2.19. The molecule has 0 saturated carbocycles. The average Bonchev–Trinajstić information content (AvgIpc) is 3.23. The quantitative estimate of drug-likeness (QED) is 0.0272. The molecule has 342 valence electrons. The molecule has 0 saturated heterocycles. The van der Waals surface area contributed by atoms with Crippen molar-refractivity contribution in [3.8, 4) is 0 Å². The zero-order valence-electron chi connectivity index (χ0n) is 37.9. The van der Waals surface area contributed by atoms with Crippen LogP contribution >= 0.6 is 0 Å². The minimum Gasteiger partial charge on any atom is -0.480 e. The predicted octanol–water partition coefficient (Wildman–Crippen LogP) is 12.3. The van der Waals surface area contributed by atoms with Crippen molar-refractivity contribution in [2.24, 2.45) is 0 Å². The molecule has 4 N–H and O–H groups in total. The van der Waals surface area contributed by atoms with Gasteiger partial charge in [0.2, 0.25) is 11.8 Å². The van der Waals surface area contributed by atoms with Crippen molar-refractivity contribution >= 4 is 23.8 Å². The van der Waals surface area contributed by atoms with E-state index in [-0.39, 0.29) is 30.9 Å². The van der Waals surface area contributed by atoms with Crippen LogP contribution < -0.4 is 10.6 Å². The molecule has 0 bridgehead atoms. The van der Waals surface area contributed by atoms with Gasteiger partial charge in [-0.25, -0.2) is 4.79 Å². The minimum atomic E-state index is -1.39. The summed E-state index contributed by atoms with van der Waals surface area (Å²) in [6, 6.07) is -1.39. The van der Waals surface area contributed by atoms with Crippen LogP contribution in [0.4, 0.5) is 0 Å². The lowest BCUT2D eigenvalue weighted by atomic mass is 10.0. The van der Waals surface area contributed by atoms with Crippen molar-refractivity contribution in [3.63, 3.8) is 0 Å². The van der Waals surface area contributed by atoms with Crippen molar-refractivity contribution in [1.29, 1.82) is 0 Å². The Morgan fingerprint density at radius 3 is 1.43 bits per heavy atom. The predicted molar refractivity (Wildman–Crippen MR) is 250 cm³/mol. The first-order valence-electron chi connectivity index (χ1n) is 23.8. The van der Waals surface area contributed by atoms with E-state index in [9.17, 15) is 19.2 Å². The molecule has 0 aromatic rings. The van der Waals surface area contributed by atoms with Crippen LogP contribution in [0, 0.1) is 0 Å². The van der Waals surface area contributed by atoms with Gasteiger partial charge in [0, 0.05) is 12.8 Å². The Balaban J connectivity index is 4.25. The summed E-state index contributed by atoms with van der Waals surface area (Å²) < 4.78 is 6.02. The van der Waals surface area contributed by atoms with E-state index < -0.39 is 24.5 Å². The number of unbranched alkanes of at least 4 members (excludes halogenated alkanes) is 16. The highest BCUT2D eigenvalue weighted by atomic mass is 16.5. The van der Waals surface area contributed by atoms with E-state index in [4.69, 9.17) is 14.9 Å². The molecule has 2 amide bonds. The van der Waals surface area contributed by atoms with Gasteiger partial charge < -0.3 is 25.6 Å². The molecule has 0 aromatic heterocycles. The number of carboxylic acids is 1. The summed E-state index contributed by atoms with van der Waals surface area (Å²) in [4.78, 5) is 47.6. The van der Waals surface area contributed by atoms with Gasteiger partial charge in [-0.15, -0.1) is 0 Å². The number of aliphatic carboxylic acids is 1. The minimum absolute atomic E-state index is 0.0290. The number of rotatable bonds is 42. The first-order chi connectivity index (χ1) is 29.3. The summed E-state index contributed by atoms with van der Waals surface area (Å²) in [6.07, 6.45) is 56.5. The second kappa shape index (κ2) is 44.8. The number of ether oxygens (including phenoxy) is 1. The number of hydrogen-bond acceptors (Lipinski definition) is 6. The molecule has 0 radical (unpaired) electrons. The number of aliphatic hydroxyl groups is 1. The van der Waals surface area contributed by atoms with E-state index in [1.54, 1.807) is 0 Å². The van der Waals surface area contributed by atoms with Crippen LogP contribution in [0.15, 0.2) is 72.9 Å². The van der Waals surface area contributed by atoms with Gasteiger partial charge >= 0.3 is 11.9 Å². The monoisotopic (exact) mass is 839 g/mol. The van der Waals surface area contributed by atoms with Crippen molar-refractivity contribution in [2.45, 2.75) is 212 Å². The van der Waals surface area contributed by atoms with E-state index >= 15 is 0 Å². The molecule has 0 fully saturated rings. The van der Waals surface area contributed by atoms with E-state index in [0.29, 0.717) is 12.8 Å². The summed E-state index contributed by atoms with van der Waals surface area (Å²) in [5, 5.41) is 22.6. The molecule has 0 aliphatic carbocycles. The molecule has 2 atom stereocenters. The maximum Gasteiger partial charge on any atom is 0.328 e. The van der Waals surface area contributed by atoms with Crippen molar-refractivity contribution in [2.75, 3.05) is 13.2 Å². The average molecular weight is 839 g/mol. The molecule has 0 rings (SSSR count). The van der Waals surface area contributed by atoms with E-state index in [0.717, 1.165) is 116 Å². The van der Waals surface area contributed by atoms with Gasteiger partial charge in [-0.2, -0.15) is 0 Å². The molecular formula is C51H86N2O7. The van der Waals surface area contributed by atoms with Gasteiger partial charge in [0.1, 0.15) is 12.1 Å². The third-order valence-corrected chi connectivity index (χ3v) is 10.2. The van der Waals surface area contributed by atoms with Crippen LogP contribution in [-0.2, 0) is 23.9 Å². The summed E-state index contributed by atoms with van der Waals surface area (Å²) in [5.41, 5.74) is 0. The highest BCUT2D eigenvalue weighted by molar-refractivity contribution is 5.87. The Kier molecular flexibility index (Phi) is 42.0. The molecule has 0 spiro atoms. The smallest absolute Gasteiger partial charge is 0.328 e. The SMILES string of the molecule is CC/C=C\C/C=C\C/C=C\C/C=C\C/C=C\C/C=C\CCCCCCC(=O)OC(CCCCCCCCCCC)CCCCCCCC(=O)NCC(=O)NC(CO)C(=O)O. The van der Waals surface area contributed by atoms with Gasteiger partial charge in [-0.3, -0.25) is 14.4 Å². The van der Waals surface area contributed by atoms with Crippen LogP contribution in [0.5, 0.6) is 0 Å². The zero-order valence-corrected chi connectivity index (χ0v) is 37.9. The molecule has 0 aromatic carbocycles. The number of amides is 2. The number of carboxylic acid groups (broad SMARTS) is 1. The Morgan fingerprint density at radius 1 is 0.517 bits per heavy atom. The third kappa shape index (κ3) is 41.0. The molecule has 9 nitrogen and oxygen atoms in total. The summed E-state index contributed by atoms with van der Waals surface area (Å²) in [6.45, 7) is 3.36. The normalized spacial score (nSPS) is 13.1. The highest BCUT2D eigenvalue weighted by Gasteiger charge is 2.19. The second-order valence-electron chi connectivity index (χ2n) is 15.8. The number of carbonyl (C=O) groups is 4. The first-order valence-corrected chi connectivity index (χ1v) is 23.8. The summed E-state index contributed by atoms with van der Waals surface area (Å²) in [7, 11) is 0. The lowest BCUT2D eigenvalue weighted by Gasteiger charge is -2.18. The maximum absolute atomic E-state index is 12.8. The number of esters is 1. The van der Waals surface area contributed by atoms with Gasteiger partial charge in [0.15, 0.2) is 0 Å². The Morgan fingerprint density at radius 2 is 0.950 bits per heavy atom. The Hall–Kier alpha value is -3.72. The largest absolute Gasteiger partial charge is 0.480 e. The Labute approximate surface area is 365 Å². The lowest BCUT2D eigenvalue weighted by Crippen LogP contribution is -2.47. The summed E-state index contributed by atoms with van der Waals surface area (Å²) in [5.74, 6) is -2.32. The van der Waals surface area contributed by atoms with Gasteiger partial charge in [0.25, 0.3) is 0 Å². The molecule has 60 heavy (non-hydrogen) atoms. The van der Waals surface area contributed by atoms with Crippen molar-refractivity contribution in [1.82, 2.24) is 10.6 Å². The second-order valence-corrected chi connectivity index (χ2v) is 15.8. The lowest BCUT2D eigenvalue weighted by molar-refractivity contribution is -0.150. The summed E-state index contributed by atoms with van der Waals surface area (Å²) >= 11 is 0. The number of hydrogen-bond donors (Lipinski definition) is 4. The third-order valence-electron chi connectivity index (χ3n) is 10.2. The van der Waals surface area contributed by atoms with E-state index in [2.05, 4.69) is 97.4 Å². The molecule has 2 unspecified atom stereocenters. The number of carbonyl (C=O) groups excluding carboxylic acids is 3. The fraction of sp³-hybridized carbons (Fsp3) is 0.686. The molecule has 9 heteroatoms. The van der Waals surface area contributed by atoms with Crippen LogP contribution in [0.3, 0.4) is 0 Å². The van der Waals surface area contributed by atoms with Crippen LogP contribution in [-0.4, -0.2) is 59.3 Å². The zero-order chi connectivity index (χ0) is 44.0. The van der Waals surface area contributed by atoms with Gasteiger partial charge in [-0.1, -0.05) is 170 Å². The fourth-order valence-corrected chi connectivity index (χ4v) is 6.60. The molecule has 0 aliphatic heterocycles. The molecule has 0 aliphatic rings. The number of aliphatic hydroxyl groups excluding tert-OH is 1. The first kappa shape index (κ1) is 56.3. The maximum atomic E-state index is 12.8. The van der Waals surface area contributed by atoms with E-state index in [1.165, 1.54) is 51.4 Å².